The highest BCUT2D eigenvalue weighted by atomic mass is 15.1. The second-order valence-electron chi connectivity index (χ2n) is 4.32. The van der Waals surface area contributed by atoms with Crippen LogP contribution in [0.15, 0.2) is 18.3 Å². The van der Waals surface area contributed by atoms with Crippen LogP contribution in [-0.4, -0.2) is 15.2 Å². The summed E-state index contributed by atoms with van der Waals surface area (Å²) in [7, 11) is 0. The van der Waals surface area contributed by atoms with E-state index in [0.29, 0.717) is 12.4 Å². The van der Waals surface area contributed by atoms with Gasteiger partial charge in [-0.1, -0.05) is 6.07 Å². The highest BCUT2D eigenvalue weighted by Gasteiger charge is 2.12. The van der Waals surface area contributed by atoms with E-state index in [4.69, 9.17) is 5.73 Å². The van der Waals surface area contributed by atoms with E-state index in [0.717, 1.165) is 24.2 Å². The molecule has 88 valence electrons. The van der Waals surface area contributed by atoms with Gasteiger partial charge < -0.3 is 11.1 Å². The number of nitrogens with zero attached hydrogens (tertiary/aromatic N) is 2. The molecular formula is C12H15N5. The highest BCUT2D eigenvalue weighted by Crippen LogP contribution is 2.21. The lowest BCUT2D eigenvalue weighted by molar-refractivity contribution is 0.899. The van der Waals surface area contributed by atoms with Gasteiger partial charge in [-0.2, -0.15) is 5.10 Å². The zero-order chi connectivity index (χ0) is 11.7. The molecule has 0 aliphatic heterocycles. The van der Waals surface area contributed by atoms with Crippen LogP contribution in [0.4, 0.5) is 11.6 Å². The fourth-order valence-corrected chi connectivity index (χ4v) is 2.17. The largest absolute Gasteiger partial charge is 0.384 e. The minimum Gasteiger partial charge on any atom is -0.384 e. The van der Waals surface area contributed by atoms with E-state index in [1.54, 1.807) is 6.20 Å². The van der Waals surface area contributed by atoms with Crippen LogP contribution in [0.1, 0.15) is 23.2 Å². The Hall–Kier alpha value is -2.04. The molecule has 2 heterocycles. The third-order valence-corrected chi connectivity index (χ3v) is 3.14. The van der Waals surface area contributed by atoms with Crippen LogP contribution in [0.3, 0.4) is 0 Å². The van der Waals surface area contributed by atoms with Crippen LogP contribution in [0.5, 0.6) is 0 Å². The Bertz CT molecular complexity index is 531. The van der Waals surface area contributed by atoms with Gasteiger partial charge in [-0.3, -0.25) is 5.10 Å². The van der Waals surface area contributed by atoms with Gasteiger partial charge in [-0.15, -0.1) is 0 Å². The molecule has 5 heteroatoms. The van der Waals surface area contributed by atoms with Gasteiger partial charge in [0.1, 0.15) is 11.6 Å². The van der Waals surface area contributed by atoms with E-state index in [2.05, 4.69) is 26.6 Å². The maximum atomic E-state index is 5.72. The van der Waals surface area contributed by atoms with Gasteiger partial charge in [0.25, 0.3) is 0 Å². The molecule has 0 saturated heterocycles. The Kier molecular flexibility index (Phi) is 2.44. The predicted octanol–water partition coefficient (Wildman–Crippen LogP) is 1.49. The first-order valence-electron chi connectivity index (χ1n) is 5.83. The summed E-state index contributed by atoms with van der Waals surface area (Å²) in [6, 6.07) is 4.19. The zero-order valence-electron chi connectivity index (χ0n) is 9.53. The van der Waals surface area contributed by atoms with Gasteiger partial charge in [0.2, 0.25) is 0 Å². The number of hydrogen-bond acceptors (Lipinski definition) is 4. The highest BCUT2D eigenvalue weighted by molar-refractivity contribution is 5.44. The molecule has 0 radical (unpaired) electrons. The van der Waals surface area contributed by atoms with Crippen LogP contribution in [0.2, 0.25) is 0 Å². The molecule has 0 fully saturated rings. The van der Waals surface area contributed by atoms with Crippen molar-refractivity contribution in [2.45, 2.75) is 25.8 Å². The van der Waals surface area contributed by atoms with Crippen LogP contribution in [0, 0.1) is 0 Å². The summed E-state index contributed by atoms with van der Waals surface area (Å²) >= 11 is 0. The average Bonchev–Trinajstić information content (AvgIpc) is 2.94. The number of hydrogen-bond donors (Lipinski definition) is 3. The summed E-state index contributed by atoms with van der Waals surface area (Å²) in [5.41, 5.74) is 9.30. The number of aryl methyl sites for hydroxylation is 2. The van der Waals surface area contributed by atoms with E-state index in [1.807, 2.05) is 6.07 Å². The Morgan fingerprint density at radius 3 is 3.12 bits per heavy atom. The summed E-state index contributed by atoms with van der Waals surface area (Å²) in [5, 5.41) is 9.86. The van der Waals surface area contributed by atoms with Gasteiger partial charge in [-0.05, 0) is 30.9 Å². The standard InChI is InChI=1S/C12H15N5/c13-12-9(7-15-17-12)6-14-11-5-4-8-2-1-3-10(8)16-11/h4-5,7H,1-3,6H2,(H,14,16)(H3,13,15,17). The molecule has 4 N–H and O–H groups in total. The normalized spacial score (nSPS) is 13.6. The summed E-state index contributed by atoms with van der Waals surface area (Å²) < 4.78 is 0. The lowest BCUT2D eigenvalue weighted by Crippen LogP contribution is -2.04. The molecule has 0 unspecified atom stereocenters. The van der Waals surface area contributed by atoms with E-state index in [-0.39, 0.29) is 0 Å². The summed E-state index contributed by atoms with van der Waals surface area (Å²) in [4.78, 5) is 4.60. The van der Waals surface area contributed by atoms with Crippen molar-refractivity contribution in [2.24, 2.45) is 0 Å². The third-order valence-electron chi connectivity index (χ3n) is 3.14. The number of nitrogens with one attached hydrogen (secondary N) is 2. The first-order chi connectivity index (χ1) is 8.33. The van der Waals surface area contributed by atoms with Crippen molar-refractivity contribution in [1.82, 2.24) is 15.2 Å². The number of rotatable bonds is 3. The number of nitrogen functional groups attached to an aromatic ring is 1. The van der Waals surface area contributed by atoms with Crippen molar-refractivity contribution in [1.29, 1.82) is 0 Å². The Morgan fingerprint density at radius 1 is 1.35 bits per heavy atom. The lowest BCUT2D eigenvalue weighted by atomic mass is 10.2. The lowest BCUT2D eigenvalue weighted by Gasteiger charge is -2.06. The average molecular weight is 229 g/mol. The van der Waals surface area contributed by atoms with Crippen molar-refractivity contribution < 1.29 is 0 Å². The van der Waals surface area contributed by atoms with Crippen molar-refractivity contribution >= 4 is 11.6 Å². The van der Waals surface area contributed by atoms with Crippen LogP contribution in [0.25, 0.3) is 0 Å². The zero-order valence-corrected chi connectivity index (χ0v) is 9.53. The molecular weight excluding hydrogens is 214 g/mol. The molecule has 1 aliphatic carbocycles. The SMILES string of the molecule is Nc1[nH]ncc1CNc1ccc2c(n1)CCC2. The Balaban J connectivity index is 1.72. The molecule has 0 bridgehead atoms. The number of H-pyrrole nitrogens is 1. The fraction of sp³-hybridized carbons (Fsp3) is 0.333. The van der Waals surface area contributed by atoms with Crippen molar-refractivity contribution in [3.63, 3.8) is 0 Å². The van der Waals surface area contributed by atoms with Crippen molar-refractivity contribution in [2.75, 3.05) is 11.1 Å². The predicted molar refractivity (Wildman–Crippen MR) is 66.6 cm³/mol. The number of aromatic amines is 1. The minimum atomic E-state index is 0.610. The van der Waals surface area contributed by atoms with Gasteiger partial charge in [0, 0.05) is 17.8 Å². The van der Waals surface area contributed by atoms with Crippen LogP contribution in [-0.2, 0) is 19.4 Å². The monoisotopic (exact) mass is 229 g/mol. The molecule has 2 aromatic rings. The Morgan fingerprint density at radius 2 is 2.29 bits per heavy atom. The number of nitrogens with two attached hydrogens (primary N) is 1. The first kappa shape index (κ1) is 10.1. The smallest absolute Gasteiger partial charge is 0.126 e. The maximum absolute atomic E-state index is 5.72. The van der Waals surface area contributed by atoms with Crippen LogP contribution < -0.4 is 11.1 Å². The molecule has 3 rings (SSSR count). The molecule has 0 amide bonds. The third kappa shape index (κ3) is 1.95. The molecule has 2 aromatic heterocycles. The number of pyridine rings is 1. The van der Waals surface area contributed by atoms with Crippen LogP contribution >= 0.6 is 0 Å². The number of aromatic nitrogens is 3. The second-order valence-corrected chi connectivity index (χ2v) is 4.32. The van der Waals surface area contributed by atoms with E-state index < -0.39 is 0 Å². The molecule has 0 aromatic carbocycles. The summed E-state index contributed by atoms with van der Waals surface area (Å²) in [6.45, 7) is 0.647. The molecule has 5 nitrogen and oxygen atoms in total. The minimum absolute atomic E-state index is 0.610. The van der Waals surface area contributed by atoms with E-state index in [1.165, 1.54) is 17.7 Å². The van der Waals surface area contributed by atoms with E-state index >= 15 is 0 Å². The summed E-state index contributed by atoms with van der Waals surface area (Å²) in [5.74, 6) is 1.52. The molecule has 0 saturated carbocycles. The molecule has 1 aliphatic rings. The molecule has 0 atom stereocenters. The molecule has 17 heavy (non-hydrogen) atoms. The first-order valence-corrected chi connectivity index (χ1v) is 5.83. The Labute approximate surface area is 99.4 Å². The topological polar surface area (TPSA) is 79.6 Å². The fourth-order valence-electron chi connectivity index (χ4n) is 2.17. The quantitative estimate of drug-likeness (QED) is 0.745. The van der Waals surface area contributed by atoms with E-state index in [9.17, 15) is 0 Å². The second kappa shape index (κ2) is 4.08. The van der Waals surface area contributed by atoms with Crippen molar-refractivity contribution in [3.05, 3.63) is 35.2 Å². The maximum Gasteiger partial charge on any atom is 0.126 e. The summed E-state index contributed by atoms with van der Waals surface area (Å²) in [6.07, 6.45) is 5.21. The van der Waals surface area contributed by atoms with Gasteiger partial charge in [-0.25, -0.2) is 4.98 Å². The number of anilines is 2. The van der Waals surface area contributed by atoms with Gasteiger partial charge in [0.15, 0.2) is 0 Å². The number of fused-ring (bicyclic) bond motifs is 1. The van der Waals surface area contributed by atoms with Gasteiger partial charge >= 0.3 is 0 Å². The molecule has 0 spiro atoms. The van der Waals surface area contributed by atoms with Crippen molar-refractivity contribution in [3.8, 4) is 0 Å². The van der Waals surface area contributed by atoms with Gasteiger partial charge in [0.05, 0.1) is 6.20 Å².